The summed E-state index contributed by atoms with van der Waals surface area (Å²) < 4.78 is 61.1. The number of cyclic esters (lactones) is 1. The summed E-state index contributed by atoms with van der Waals surface area (Å²) in [5.41, 5.74) is 9.79. The topological polar surface area (TPSA) is 159 Å². The molecule has 5 aliphatic rings. The third-order valence-corrected chi connectivity index (χ3v) is 16.7. The molecule has 4 aromatic rings. The van der Waals surface area contributed by atoms with Crippen LogP contribution >= 0.6 is 11.3 Å². The maximum absolute atomic E-state index is 14.7. The van der Waals surface area contributed by atoms with Gasteiger partial charge in [0.15, 0.2) is 0 Å². The Hall–Kier alpha value is -4.43. The number of hydrazine groups is 1. The second kappa shape index (κ2) is 22.6. The Morgan fingerprint density at radius 1 is 1.03 bits per heavy atom. The maximum Gasteiger partial charge on any atom is 0.324 e. The van der Waals surface area contributed by atoms with Gasteiger partial charge >= 0.3 is 5.97 Å². The molecule has 15 nitrogen and oxygen atoms in total. The predicted molar refractivity (Wildman–Crippen MR) is 270 cm³/mol. The molecule has 0 spiro atoms. The second-order valence-electron chi connectivity index (χ2n) is 21.6. The number of nitrogens with one attached hydrogen (secondary N) is 2. The molecule has 9 rings (SSSR count). The van der Waals surface area contributed by atoms with Gasteiger partial charge in [-0.2, -0.15) is 0 Å². The first-order valence-corrected chi connectivity index (χ1v) is 26.9. The third-order valence-electron chi connectivity index (χ3n) is 15.8. The molecule has 1 saturated carbocycles. The molecular formula is C54H73F2N7O8S. The molecule has 2 amide bonds. The van der Waals surface area contributed by atoms with E-state index in [0.29, 0.717) is 57.2 Å². The number of methoxy groups -OCH3 is 1. The van der Waals surface area contributed by atoms with Crippen LogP contribution in [0.4, 0.5) is 8.78 Å². The first-order chi connectivity index (χ1) is 34.6. The molecule has 8 atom stereocenters. The minimum absolute atomic E-state index is 0.0707. The largest absolute Gasteiger partial charge is 0.464 e. The number of carbonyl (C=O) groups excluding carboxylic acids is 3. The Morgan fingerprint density at radius 2 is 1.81 bits per heavy atom. The maximum atomic E-state index is 14.7. The van der Waals surface area contributed by atoms with E-state index in [-0.39, 0.29) is 54.0 Å². The number of carbonyl (C=O) groups is 3. The van der Waals surface area contributed by atoms with Gasteiger partial charge in [-0.05, 0) is 126 Å². The normalized spacial score (nSPS) is 27.1. The number of esters is 1. The number of alkyl halides is 2. The van der Waals surface area contributed by atoms with E-state index >= 15 is 0 Å². The van der Waals surface area contributed by atoms with E-state index in [1.54, 1.807) is 7.11 Å². The van der Waals surface area contributed by atoms with Crippen molar-refractivity contribution in [2.75, 3.05) is 66.8 Å². The molecule has 7 heterocycles. The van der Waals surface area contributed by atoms with Gasteiger partial charge in [0.1, 0.15) is 29.8 Å². The summed E-state index contributed by atoms with van der Waals surface area (Å²) in [5.74, 6) is -1.38. The highest BCUT2D eigenvalue weighted by molar-refractivity contribution is 7.10. The number of fused-ring (bicyclic) bond motifs is 6. The van der Waals surface area contributed by atoms with Crippen LogP contribution in [-0.4, -0.2) is 134 Å². The number of aromatic nitrogens is 3. The molecule has 6 bridgehead atoms. The first kappa shape index (κ1) is 52.4. The Kier molecular flexibility index (Phi) is 16.4. The number of hydrogen-bond donors (Lipinski definition) is 2. The molecule has 392 valence electrons. The lowest BCUT2D eigenvalue weighted by molar-refractivity contribution is -0.157. The Bertz CT molecular complexity index is 2560. The average Bonchev–Trinajstić information content (AvgIpc) is 3.63. The Balaban J connectivity index is 1.22. The molecule has 3 saturated heterocycles. The van der Waals surface area contributed by atoms with Crippen molar-refractivity contribution in [3.05, 3.63) is 57.7 Å². The molecule has 18 heteroatoms. The highest BCUT2D eigenvalue weighted by Crippen LogP contribution is 2.47. The average molecular weight is 1020 g/mol. The Labute approximate surface area is 426 Å². The van der Waals surface area contributed by atoms with Crippen LogP contribution in [0.2, 0.25) is 0 Å². The van der Waals surface area contributed by atoms with E-state index in [9.17, 15) is 23.2 Å². The van der Waals surface area contributed by atoms with Gasteiger partial charge in [-0.1, -0.05) is 33.8 Å². The van der Waals surface area contributed by atoms with Crippen molar-refractivity contribution in [3.63, 3.8) is 0 Å². The highest BCUT2D eigenvalue weighted by atomic mass is 32.1. The fourth-order valence-corrected chi connectivity index (χ4v) is 12.2. The lowest BCUT2D eigenvalue weighted by Crippen LogP contribution is -2.61. The lowest BCUT2D eigenvalue weighted by atomic mass is 9.83. The molecule has 4 aliphatic heterocycles. The summed E-state index contributed by atoms with van der Waals surface area (Å²) >= 11 is 1.18. The zero-order valence-corrected chi connectivity index (χ0v) is 43.7. The molecule has 2 N–H and O–H groups in total. The molecule has 4 fully saturated rings. The first-order valence-electron chi connectivity index (χ1n) is 26.1. The minimum Gasteiger partial charge on any atom is -0.464 e. The summed E-state index contributed by atoms with van der Waals surface area (Å²) in [7, 11) is 3.89. The van der Waals surface area contributed by atoms with Crippen LogP contribution < -0.4 is 10.7 Å². The van der Waals surface area contributed by atoms with Crippen molar-refractivity contribution in [1.82, 2.24) is 35.2 Å². The summed E-state index contributed by atoms with van der Waals surface area (Å²) in [5, 5.41) is 7.28. The minimum atomic E-state index is -2.86. The smallest absolute Gasteiger partial charge is 0.324 e. The van der Waals surface area contributed by atoms with Crippen LogP contribution in [0.1, 0.15) is 120 Å². The molecule has 1 unspecified atom stereocenters. The van der Waals surface area contributed by atoms with Crippen molar-refractivity contribution >= 4 is 40.0 Å². The van der Waals surface area contributed by atoms with Crippen molar-refractivity contribution in [2.24, 2.45) is 23.2 Å². The van der Waals surface area contributed by atoms with Gasteiger partial charge in [0.2, 0.25) is 5.91 Å². The monoisotopic (exact) mass is 1020 g/mol. The van der Waals surface area contributed by atoms with E-state index in [2.05, 4.69) is 59.3 Å². The summed E-state index contributed by atoms with van der Waals surface area (Å²) in [6, 6.07) is 6.26. The van der Waals surface area contributed by atoms with Crippen LogP contribution in [0, 0.1) is 23.2 Å². The predicted octanol–water partition coefficient (Wildman–Crippen LogP) is 8.26. The highest BCUT2D eigenvalue weighted by Gasteiger charge is 2.50. The van der Waals surface area contributed by atoms with Gasteiger partial charge in [0.05, 0.1) is 42.5 Å². The molecule has 72 heavy (non-hydrogen) atoms. The van der Waals surface area contributed by atoms with Gasteiger partial charge in [0.25, 0.3) is 12.3 Å². The number of benzene rings is 1. The second-order valence-corrected chi connectivity index (χ2v) is 22.5. The van der Waals surface area contributed by atoms with E-state index in [4.69, 9.17) is 33.7 Å². The molecule has 1 aliphatic carbocycles. The van der Waals surface area contributed by atoms with Crippen LogP contribution in [0.3, 0.4) is 0 Å². The number of pyridine rings is 1. The summed E-state index contributed by atoms with van der Waals surface area (Å²) in [4.78, 5) is 55.4. The Morgan fingerprint density at radius 3 is 2.56 bits per heavy atom. The number of likely N-dealkylation sites (tertiary alicyclic amines) is 1. The van der Waals surface area contributed by atoms with E-state index in [1.165, 1.54) is 21.9 Å². The van der Waals surface area contributed by atoms with Gasteiger partial charge in [-0.15, -0.1) is 11.3 Å². The fourth-order valence-electron chi connectivity index (χ4n) is 11.2. The SMILES string of the molecule is CO[C@@H](C)c1ncc([C@@H]2CCCN(C)CC2)cc1-c1c2c3cc(ccc3n1CCOC1CCOCC1)-c1csc(n1)[C@@H](OCC(F)F)[C@H](NC(=O)C1[C@@H](C)[C@H]1C)C(=O)N1CCC[C@H](N1)C(=O)OCC(C)(C)C2. The standard InChI is InChI=1S/C54H73F2N7O8S/c1-31-32(2)45(31)50(64)59-47-49(70-28-44(55)56)51-58-42(29-72-51)35-12-13-43-38(24-35)40(26-54(4,5)30-71-53(66)41-11-9-18-63(60-41)52(47)65)48(62(43)20-23-69-37-15-21-68-22-16-37)39-25-36(27-57-46(39)33(3)67-7)34-10-8-17-61(6)19-14-34/h12-13,24-25,27,29,31-34,37,41,44-45,47,49,60H,8-11,14-23,26,28,30H2,1-7H3,(H,59,64)/t31-,32+,33-,34+,41-,45?,47-,49-/m0/s1. The van der Waals surface area contributed by atoms with E-state index in [1.807, 2.05) is 38.4 Å². The van der Waals surface area contributed by atoms with Crippen molar-refractivity contribution in [2.45, 2.75) is 135 Å². The number of nitrogens with zero attached hydrogens (tertiary/aromatic N) is 5. The number of ether oxygens (including phenoxy) is 5. The molecular weight excluding hydrogens is 945 g/mol. The van der Waals surface area contributed by atoms with E-state index in [0.717, 1.165) is 84.2 Å². The fraction of sp³-hybridized carbons (Fsp3) is 0.648. The van der Waals surface area contributed by atoms with Gasteiger partial charge in [0, 0.05) is 78.4 Å². The van der Waals surface area contributed by atoms with Crippen LogP contribution in [0.5, 0.6) is 0 Å². The van der Waals surface area contributed by atoms with Crippen molar-refractivity contribution < 1.29 is 46.8 Å². The van der Waals surface area contributed by atoms with Crippen molar-refractivity contribution in [1.29, 1.82) is 0 Å². The quantitative estimate of drug-likeness (QED) is 0.124. The molecule has 0 radical (unpaired) electrons. The number of halogens is 2. The van der Waals surface area contributed by atoms with Crippen LogP contribution in [0.15, 0.2) is 35.8 Å². The van der Waals surface area contributed by atoms with Gasteiger partial charge < -0.3 is 38.5 Å². The number of amides is 2. The van der Waals surface area contributed by atoms with Crippen LogP contribution in [0.25, 0.3) is 33.4 Å². The molecule has 3 aromatic heterocycles. The molecule has 1 aromatic carbocycles. The third kappa shape index (κ3) is 11.6. The number of rotatable bonds is 13. The lowest BCUT2D eigenvalue weighted by Gasteiger charge is -2.37. The summed E-state index contributed by atoms with van der Waals surface area (Å²) in [6.07, 6.45) is 3.73. The zero-order valence-electron chi connectivity index (χ0n) is 42.9. The van der Waals surface area contributed by atoms with E-state index < -0.39 is 48.5 Å². The summed E-state index contributed by atoms with van der Waals surface area (Å²) in [6.45, 7) is 13.8. The van der Waals surface area contributed by atoms with Crippen molar-refractivity contribution in [3.8, 4) is 22.5 Å². The van der Waals surface area contributed by atoms with Crippen LogP contribution in [-0.2, 0) is 51.0 Å². The number of hydrogen-bond acceptors (Lipinski definition) is 13. The van der Waals surface area contributed by atoms with Gasteiger partial charge in [-0.25, -0.2) is 19.2 Å². The zero-order chi connectivity index (χ0) is 50.8. The van der Waals surface area contributed by atoms with Gasteiger partial charge in [-0.3, -0.25) is 24.4 Å². The number of thiazole rings is 1.